The second kappa shape index (κ2) is 5.95. The summed E-state index contributed by atoms with van der Waals surface area (Å²) in [5.41, 5.74) is 4.98. The molecule has 0 bridgehead atoms. The van der Waals surface area contributed by atoms with Crippen LogP contribution in [0, 0.1) is 0 Å². The van der Waals surface area contributed by atoms with E-state index in [1.54, 1.807) is 6.08 Å². The highest BCUT2D eigenvalue weighted by Gasteiger charge is 2.21. The molecule has 4 heteroatoms. The minimum atomic E-state index is -0.0851. The van der Waals surface area contributed by atoms with Crippen molar-refractivity contribution in [3.8, 4) is 11.3 Å². The zero-order valence-electron chi connectivity index (χ0n) is 12.0. The molecule has 0 unspecified atom stereocenters. The van der Waals surface area contributed by atoms with Crippen molar-refractivity contribution in [3.05, 3.63) is 53.7 Å². The Kier molecular flexibility index (Phi) is 3.86. The van der Waals surface area contributed by atoms with Gasteiger partial charge in [-0.15, -0.1) is 6.58 Å². The maximum atomic E-state index is 12.3. The third-order valence-corrected chi connectivity index (χ3v) is 3.89. The summed E-state index contributed by atoms with van der Waals surface area (Å²) in [5.74, 6) is -0.0851. The lowest BCUT2D eigenvalue weighted by molar-refractivity contribution is 0.0958. The molecule has 0 aliphatic heterocycles. The Bertz CT molecular complexity index is 672. The Morgan fingerprint density at radius 3 is 3.00 bits per heavy atom. The molecule has 0 radical (unpaired) electrons. The summed E-state index contributed by atoms with van der Waals surface area (Å²) in [6.07, 6.45) is 6.15. The van der Waals surface area contributed by atoms with Crippen LogP contribution in [0.2, 0.25) is 0 Å². The summed E-state index contributed by atoms with van der Waals surface area (Å²) >= 11 is 0. The van der Waals surface area contributed by atoms with Gasteiger partial charge in [0.05, 0.1) is 5.69 Å². The number of hydrogen-bond donors (Lipinski definition) is 2. The molecule has 2 aromatic rings. The number of carbonyl (C=O) groups excluding carboxylic acids is 1. The largest absolute Gasteiger partial charge is 0.349 e. The van der Waals surface area contributed by atoms with E-state index in [2.05, 4.69) is 22.1 Å². The van der Waals surface area contributed by atoms with Crippen LogP contribution >= 0.6 is 0 Å². The van der Waals surface area contributed by atoms with Crippen molar-refractivity contribution >= 4 is 5.91 Å². The van der Waals surface area contributed by atoms with E-state index in [0.29, 0.717) is 12.1 Å². The smallest absolute Gasteiger partial charge is 0.252 e. The fourth-order valence-electron chi connectivity index (χ4n) is 2.85. The second-order valence-electron chi connectivity index (χ2n) is 5.28. The van der Waals surface area contributed by atoms with Crippen LogP contribution in [0.5, 0.6) is 0 Å². The van der Waals surface area contributed by atoms with E-state index in [1.807, 2.05) is 24.3 Å². The van der Waals surface area contributed by atoms with E-state index < -0.39 is 0 Å². The first kappa shape index (κ1) is 13.6. The van der Waals surface area contributed by atoms with Crippen molar-refractivity contribution in [3.63, 3.8) is 0 Å². The Balaban J connectivity index is 2.01. The van der Waals surface area contributed by atoms with Crippen molar-refractivity contribution in [2.24, 2.45) is 0 Å². The zero-order chi connectivity index (χ0) is 14.7. The topological polar surface area (TPSA) is 57.8 Å². The third-order valence-electron chi connectivity index (χ3n) is 3.89. The Morgan fingerprint density at radius 2 is 2.14 bits per heavy atom. The molecule has 108 valence electrons. The van der Waals surface area contributed by atoms with E-state index in [9.17, 15) is 4.79 Å². The van der Waals surface area contributed by atoms with Gasteiger partial charge in [0, 0.05) is 28.9 Å². The summed E-state index contributed by atoms with van der Waals surface area (Å²) in [6, 6.07) is 7.64. The monoisotopic (exact) mass is 281 g/mol. The first-order valence-electron chi connectivity index (χ1n) is 7.36. The lowest BCUT2D eigenvalue weighted by Crippen LogP contribution is -2.23. The molecule has 1 heterocycles. The maximum absolute atomic E-state index is 12.3. The van der Waals surface area contributed by atoms with Gasteiger partial charge in [-0.25, -0.2) is 0 Å². The predicted octanol–water partition coefficient (Wildman–Crippen LogP) is 2.87. The van der Waals surface area contributed by atoms with Crippen LogP contribution in [0.25, 0.3) is 11.3 Å². The molecule has 1 aliphatic rings. The van der Waals surface area contributed by atoms with Crippen LogP contribution in [0.3, 0.4) is 0 Å². The molecule has 0 saturated carbocycles. The van der Waals surface area contributed by atoms with Gasteiger partial charge in [-0.3, -0.25) is 9.89 Å². The van der Waals surface area contributed by atoms with Gasteiger partial charge in [-0.2, -0.15) is 5.10 Å². The van der Waals surface area contributed by atoms with Gasteiger partial charge < -0.3 is 5.32 Å². The number of carbonyl (C=O) groups is 1. The average molecular weight is 281 g/mol. The van der Waals surface area contributed by atoms with Crippen LogP contribution in [-0.2, 0) is 12.8 Å². The number of amides is 1. The molecule has 1 aromatic carbocycles. The molecule has 0 atom stereocenters. The molecular weight excluding hydrogens is 262 g/mol. The molecule has 1 aliphatic carbocycles. The van der Waals surface area contributed by atoms with Crippen molar-refractivity contribution in [1.82, 2.24) is 15.5 Å². The summed E-state index contributed by atoms with van der Waals surface area (Å²) in [7, 11) is 0. The van der Waals surface area contributed by atoms with E-state index in [0.717, 1.165) is 24.1 Å². The molecule has 1 amide bonds. The summed E-state index contributed by atoms with van der Waals surface area (Å²) in [5, 5.41) is 10.4. The summed E-state index contributed by atoms with van der Waals surface area (Å²) in [6.45, 7) is 4.09. The first-order valence-corrected chi connectivity index (χ1v) is 7.36. The average Bonchev–Trinajstić information content (AvgIpc) is 2.96. The number of benzene rings is 1. The summed E-state index contributed by atoms with van der Waals surface area (Å²) < 4.78 is 0. The lowest BCUT2D eigenvalue weighted by atomic mass is 9.92. The molecule has 3 rings (SSSR count). The van der Waals surface area contributed by atoms with E-state index in [-0.39, 0.29) is 5.91 Å². The van der Waals surface area contributed by atoms with Gasteiger partial charge in [-0.1, -0.05) is 24.3 Å². The van der Waals surface area contributed by atoms with Crippen molar-refractivity contribution in [1.29, 1.82) is 0 Å². The number of nitrogens with zero attached hydrogens (tertiary/aromatic N) is 1. The minimum absolute atomic E-state index is 0.0851. The van der Waals surface area contributed by atoms with Crippen molar-refractivity contribution in [2.45, 2.75) is 25.7 Å². The van der Waals surface area contributed by atoms with Gasteiger partial charge in [-0.05, 0) is 31.7 Å². The van der Waals surface area contributed by atoms with Crippen LogP contribution < -0.4 is 5.32 Å². The number of aryl methyl sites for hydroxylation is 1. The Morgan fingerprint density at radius 1 is 1.33 bits per heavy atom. The molecule has 0 saturated heterocycles. The number of fused-ring (bicyclic) bond motifs is 1. The van der Waals surface area contributed by atoms with Crippen molar-refractivity contribution in [2.75, 3.05) is 6.54 Å². The molecule has 21 heavy (non-hydrogen) atoms. The lowest BCUT2D eigenvalue weighted by Gasteiger charge is -2.13. The zero-order valence-corrected chi connectivity index (χ0v) is 12.0. The highest BCUT2D eigenvalue weighted by molar-refractivity contribution is 6.00. The fraction of sp³-hybridized carbons (Fsp3) is 0.294. The van der Waals surface area contributed by atoms with Gasteiger partial charge in [0.25, 0.3) is 5.91 Å². The molecular formula is C17H19N3O. The Labute approximate surface area is 124 Å². The number of hydrogen-bond acceptors (Lipinski definition) is 2. The van der Waals surface area contributed by atoms with Gasteiger partial charge in [0.1, 0.15) is 0 Å². The van der Waals surface area contributed by atoms with Crippen LogP contribution in [0.4, 0.5) is 0 Å². The second-order valence-corrected chi connectivity index (χ2v) is 5.28. The number of nitrogens with one attached hydrogen (secondary N) is 2. The van der Waals surface area contributed by atoms with Crippen LogP contribution in [0.15, 0.2) is 36.9 Å². The van der Waals surface area contributed by atoms with E-state index >= 15 is 0 Å². The number of aromatic nitrogens is 2. The minimum Gasteiger partial charge on any atom is -0.349 e. The standard InChI is InChI=1S/C17H19N3O/c1-2-11-18-17(21)13-8-4-3-7-12(13)16-14-9-5-6-10-15(14)19-20-16/h2-4,7-8H,1,5-6,9-11H2,(H,18,21)(H,19,20). The van der Waals surface area contributed by atoms with Gasteiger partial charge in [0.2, 0.25) is 0 Å². The molecule has 4 nitrogen and oxygen atoms in total. The normalized spacial score (nSPS) is 13.5. The first-order chi connectivity index (χ1) is 10.3. The highest BCUT2D eigenvalue weighted by atomic mass is 16.1. The number of rotatable bonds is 4. The third kappa shape index (κ3) is 2.61. The van der Waals surface area contributed by atoms with Gasteiger partial charge in [0.15, 0.2) is 0 Å². The highest BCUT2D eigenvalue weighted by Crippen LogP contribution is 2.31. The van der Waals surface area contributed by atoms with Crippen LogP contribution in [-0.4, -0.2) is 22.6 Å². The Hall–Kier alpha value is -2.36. The molecule has 0 spiro atoms. The quantitative estimate of drug-likeness (QED) is 0.847. The molecule has 1 aromatic heterocycles. The van der Waals surface area contributed by atoms with Crippen molar-refractivity contribution < 1.29 is 4.79 Å². The number of H-pyrrole nitrogens is 1. The maximum Gasteiger partial charge on any atom is 0.252 e. The molecule has 2 N–H and O–H groups in total. The summed E-state index contributed by atoms with van der Waals surface area (Å²) in [4.78, 5) is 12.3. The predicted molar refractivity (Wildman–Crippen MR) is 83.2 cm³/mol. The van der Waals surface area contributed by atoms with E-state index in [1.165, 1.54) is 24.1 Å². The fourth-order valence-corrected chi connectivity index (χ4v) is 2.85. The molecule has 0 fully saturated rings. The SMILES string of the molecule is C=CCNC(=O)c1ccccc1-c1n[nH]c2c1CCCC2. The van der Waals surface area contributed by atoms with Crippen LogP contribution in [0.1, 0.15) is 34.5 Å². The van der Waals surface area contributed by atoms with Gasteiger partial charge >= 0.3 is 0 Å². The van der Waals surface area contributed by atoms with E-state index in [4.69, 9.17) is 0 Å². The number of aromatic amines is 1.